The number of carbonyl (C=O) groups excluding carboxylic acids is 1. The van der Waals surface area contributed by atoms with Crippen molar-refractivity contribution in [3.05, 3.63) is 83.9 Å². The monoisotopic (exact) mass is 378 g/mol. The van der Waals surface area contributed by atoms with Crippen molar-refractivity contribution in [3.8, 4) is 0 Å². The second-order valence-corrected chi connectivity index (χ2v) is 6.83. The van der Waals surface area contributed by atoms with E-state index in [9.17, 15) is 9.90 Å². The number of aryl methyl sites for hydroxylation is 1. The number of amides is 1. The van der Waals surface area contributed by atoms with Crippen molar-refractivity contribution < 1.29 is 9.90 Å². The van der Waals surface area contributed by atoms with E-state index < -0.39 is 0 Å². The SMILES string of the molecule is Cn1ccnc1Cc1ccc(NC(=O)CNC(CO)Cc2ccccc2)cc1. The number of aliphatic hydroxyl groups excluding tert-OH is 1. The van der Waals surface area contributed by atoms with Gasteiger partial charge in [0.15, 0.2) is 0 Å². The number of hydrogen-bond acceptors (Lipinski definition) is 4. The highest BCUT2D eigenvalue weighted by atomic mass is 16.3. The lowest BCUT2D eigenvalue weighted by atomic mass is 10.1. The number of aromatic nitrogens is 2. The van der Waals surface area contributed by atoms with Gasteiger partial charge in [-0.05, 0) is 29.7 Å². The maximum atomic E-state index is 12.2. The molecule has 6 heteroatoms. The number of carbonyl (C=O) groups is 1. The Kier molecular flexibility index (Phi) is 6.94. The molecule has 3 rings (SSSR count). The molecule has 1 unspecified atom stereocenters. The zero-order chi connectivity index (χ0) is 19.8. The Hall–Kier alpha value is -2.96. The van der Waals surface area contributed by atoms with E-state index in [-0.39, 0.29) is 25.1 Å². The van der Waals surface area contributed by atoms with Crippen LogP contribution in [-0.2, 0) is 24.7 Å². The molecule has 0 spiro atoms. The minimum atomic E-state index is -0.159. The summed E-state index contributed by atoms with van der Waals surface area (Å²) in [5, 5.41) is 15.5. The van der Waals surface area contributed by atoms with Crippen molar-refractivity contribution in [1.29, 1.82) is 0 Å². The number of benzene rings is 2. The van der Waals surface area contributed by atoms with Crippen LogP contribution in [0, 0.1) is 0 Å². The summed E-state index contributed by atoms with van der Waals surface area (Å²) >= 11 is 0. The first kappa shape index (κ1) is 19.8. The molecule has 1 aromatic heterocycles. The average Bonchev–Trinajstić information content (AvgIpc) is 3.12. The number of nitrogens with zero attached hydrogens (tertiary/aromatic N) is 2. The van der Waals surface area contributed by atoms with Gasteiger partial charge >= 0.3 is 0 Å². The van der Waals surface area contributed by atoms with Crippen molar-refractivity contribution in [2.24, 2.45) is 7.05 Å². The number of imidazole rings is 1. The Balaban J connectivity index is 1.47. The van der Waals surface area contributed by atoms with Crippen molar-refractivity contribution in [2.45, 2.75) is 18.9 Å². The molecule has 146 valence electrons. The van der Waals surface area contributed by atoms with E-state index in [0.717, 1.165) is 29.1 Å². The van der Waals surface area contributed by atoms with Gasteiger partial charge in [0.05, 0.1) is 13.2 Å². The summed E-state index contributed by atoms with van der Waals surface area (Å²) in [6.07, 6.45) is 5.13. The van der Waals surface area contributed by atoms with Gasteiger partial charge in [0.1, 0.15) is 5.82 Å². The van der Waals surface area contributed by atoms with Crippen LogP contribution in [0.3, 0.4) is 0 Å². The molecule has 3 N–H and O–H groups in total. The van der Waals surface area contributed by atoms with Gasteiger partial charge in [-0.15, -0.1) is 0 Å². The minimum Gasteiger partial charge on any atom is -0.395 e. The fourth-order valence-electron chi connectivity index (χ4n) is 3.00. The Labute approximate surface area is 165 Å². The number of aliphatic hydroxyl groups is 1. The van der Waals surface area contributed by atoms with Crippen LogP contribution < -0.4 is 10.6 Å². The molecule has 28 heavy (non-hydrogen) atoms. The van der Waals surface area contributed by atoms with E-state index in [1.807, 2.05) is 72.4 Å². The van der Waals surface area contributed by atoms with Gasteiger partial charge in [0, 0.05) is 37.6 Å². The first-order valence-corrected chi connectivity index (χ1v) is 9.37. The predicted molar refractivity (Wildman–Crippen MR) is 110 cm³/mol. The lowest BCUT2D eigenvalue weighted by molar-refractivity contribution is -0.115. The van der Waals surface area contributed by atoms with Crippen LogP contribution in [0.1, 0.15) is 17.0 Å². The molecule has 0 saturated heterocycles. The second kappa shape index (κ2) is 9.82. The average molecular weight is 378 g/mol. The second-order valence-electron chi connectivity index (χ2n) is 6.83. The summed E-state index contributed by atoms with van der Waals surface area (Å²) in [5.74, 6) is 0.859. The van der Waals surface area contributed by atoms with E-state index in [4.69, 9.17) is 0 Å². The zero-order valence-electron chi connectivity index (χ0n) is 16.0. The molecule has 0 radical (unpaired) electrons. The lowest BCUT2D eigenvalue weighted by Gasteiger charge is -2.16. The van der Waals surface area contributed by atoms with Crippen molar-refractivity contribution in [2.75, 3.05) is 18.5 Å². The summed E-state index contributed by atoms with van der Waals surface area (Å²) in [4.78, 5) is 16.5. The Bertz CT molecular complexity index is 875. The maximum absolute atomic E-state index is 12.2. The topological polar surface area (TPSA) is 79.2 Å². The highest BCUT2D eigenvalue weighted by Gasteiger charge is 2.10. The van der Waals surface area contributed by atoms with E-state index in [1.54, 1.807) is 6.20 Å². The van der Waals surface area contributed by atoms with E-state index in [1.165, 1.54) is 0 Å². The summed E-state index contributed by atoms with van der Waals surface area (Å²) in [6.45, 7) is 0.122. The van der Waals surface area contributed by atoms with Crippen LogP contribution in [0.2, 0.25) is 0 Å². The van der Waals surface area contributed by atoms with Crippen molar-refractivity contribution in [3.63, 3.8) is 0 Å². The van der Waals surface area contributed by atoms with Gasteiger partial charge < -0.3 is 20.3 Å². The molecule has 0 aliphatic rings. The fraction of sp³-hybridized carbons (Fsp3) is 0.273. The van der Waals surface area contributed by atoms with Gasteiger partial charge in [-0.1, -0.05) is 42.5 Å². The van der Waals surface area contributed by atoms with Crippen LogP contribution in [0.25, 0.3) is 0 Å². The first-order chi connectivity index (χ1) is 13.6. The minimum absolute atomic E-state index is 0.0237. The van der Waals surface area contributed by atoms with E-state index in [2.05, 4.69) is 15.6 Å². The van der Waals surface area contributed by atoms with Crippen LogP contribution in [0.4, 0.5) is 5.69 Å². The molecule has 1 heterocycles. The number of anilines is 1. The third-order valence-corrected chi connectivity index (χ3v) is 4.62. The quantitative estimate of drug-likeness (QED) is 0.533. The largest absolute Gasteiger partial charge is 0.395 e. The zero-order valence-corrected chi connectivity index (χ0v) is 16.0. The van der Waals surface area contributed by atoms with E-state index >= 15 is 0 Å². The van der Waals surface area contributed by atoms with Gasteiger partial charge in [-0.25, -0.2) is 4.98 Å². The van der Waals surface area contributed by atoms with Crippen molar-refractivity contribution in [1.82, 2.24) is 14.9 Å². The van der Waals surface area contributed by atoms with Crippen LogP contribution in [-0.4, -0.2) is 39.8 Å². The Morgan fingerprint density at radius 2 is 1.86 bits per heavy atom. The predicted octanol–water partition coefficient (Wildman–Crippen LogP) is 2.14. The van der Waals surface area contributed by atoms with Crippen LogP contribution in [0.5, 0.6) is 0 Å². The van der Waals surface area contributed by atoms with E-state index in [0.29, 0.717) is 6.42 Å². The highest BCUT2D eigenvalue weighted by Crippen LogP contribution is 2.12. The molecule has 6 nitrogen and oxygen atoms in total. The van der Waals surface area contributed by atoms with Crippen molar-refractivity contribution >= 4 is 11.6 Å². The molecular weight excluding hydrogens is 352 g/mol. The lowest BCUT2D eigenvalue weighted by Crippen LogP contribution is -2.39. The molecule has 1 amide bonds. The summed E-state index contributed by atoms with van der Waals surface area (Å²) in [5.41, 5.74) is 3.00. The molecule has 0 aliphatic heterocycles. The maximum Gasteiger partial charge on any atom is 0.238 e. The molecule has 0 aliphatic carbocycles. The van der Waals surface area contributed by atoms with Gasteiger partial charge in [0.2, 0.25) is 5.91 Å². The summed E-state index contributed by atoms with van der Waals surface area (Å²) < 4.78 is 1.99. The van der Waals surface area contributed by atoms with Crippen LogP contribution in [0.15, 0.2) is 67.0 Å². The standard InChI is InChI=1S/C22H26N4O2/c1-26-12-11-23-21(26)14-18-7-9-19(10-8-18)25-22(28)15-24-20(16-27)13-17-5-3-2-4-6-17/h2-12,20,24,27H,13-16H2,1H3,(H,25,28). The third kappa shape index (κ3) is 5.77. The molecule has 1 atom stereocenters. The highest BCUT2D eigenvalue weighted by molar-refractivity contribution is 5.92. The normalized spacial score (nSPS) is 11.9. The molecule has 0 bridgehead atoms. The Morgan fingerprint density at radius 1 is 1.11 bits per heavy atom. The van der Waals surface area contributed by atoms with Crippen LogP contribution >= 0.6 is 0 Å². The molecular formula is C22H26N4O2. The smallest absolute Gasteiger partial charge is 0.238 e. The molecule has 0 fully saturated rings. The fourth-order valence-corrected chi connectivity index (χ4v) is 3.00. The molecule has 2 aromatic carbocycles. The number of rotatable bonds is 9. The summed E-state index contributed by atoms with van der Waals surface area (Å²) in [6, 6.07) is 17.5. The molecule has 0 saturated carbocycles. The number of hydrogen-bond donors (Lipinski definition) is 3. The first-order valence-electron chi connectivity index (χ1n) is 9.37. The summed E-state index contributed by atoms with van der Waals surface area (Å²) in [7, 11) is 1.97. The Morgan fingerprint density at radius 3 is 2.50 bits per heavy atom. The molecule has 3 aromatic rings. The van der Waals surface area contributed by atoms with Gasteiger partial charge in [-0.2, -0.15) is 0 Å². The third-order valence-electron chi connectivity index (χ3n) is 4.62. The van der Waals surface area contributed by atoms with Gasteiger partial charge in [-0.3, -0.25) is 4.79 Å². The number of nitrogens with one attached hydrogen (secondary N) is 2. The van der Waals surface area contributed by atoms with Gasteiger partial charge in [0.25, 0.3) is 0 Å².